The van der Waals surface area contributed by atoms with Gasteiger partial charge in [0.2, 0.25) is 0 Å². The molecule has 0 spiro atoms. The van der Waals surface area contributed by atoms with E-state index in [1.54, 1.807) is 0 Å². The number of piperidine rings is 1. The van der Waals surface area contributed by atoms with Crippen LogP contribution in [-0.4, -0.2) is 34.4 Å². The Bertz CT molecular complexity index is 1020. The lowest BCUT2D eigenvalue weighted by atomic mass is 9.80. The first-order valence-electron chi connectivity index (χ1n) is 12.9. The Morgan fingerprint density at radius 3 is 1.54 bits per heavy atom. The van der Waals surface area contributed by atoms with E-state index in [4.69, 9.17) is 4.74 Å². The van der Waals surface area contributed by atoms with Gasteiger partial charge in [0.15, 0.2) is 0 Å². The van der Waals surface area contributed by atoms with Crippen LogP contribution in [-0.2, 0) is 14.7 Å². The number of nitrogens with zero attached hydrogens (tertiary/aromatic N) is 1. The number of halogens is 1. The van der Waals surface area contributed by atoms with Crippen LogP contribution >= 0.6 is 7.26 Å². The topological polar surface area (TPSA) is 49.4 Å². The Morgan fingerprint density at radius 1 is 0.784 bits per heavy atom. The molecule has 6 heteroatoms. The highest BCUT2D eigenvalue weighted by Crippen LogP contribution is 2.56. The highest BCUT2D eigenvalue weighted by molar-refractivity contribution is 7.95. The van der Waals surface area contributed by atoms with Gasteiger partial charge >= 0.3 is 5.97 Å². The Hall–Kier alpha value is -2.04. The van der Waals surface area contributed by atoms with Crippen LogP contribution in [0.15, 0.2) is 91.0 Å². The fraction of sp³-hybridized carbons (Fsp3) is 0.387. The van der Waals surface area contributed by atoms with Crippen molar-refractivity contribution in [3.05, 3.63) is 91.0 Å². The third-order valence-electron chi connectivity index (χ3n) is 7.32. The van der Waals surface area contributed by atoms with E-state index in [-0.39, 0.29) is 29.1 Å². The summed E-state index contributed by atoms with van der Waals surface area (Å²) in [4.78, 5) is 13.0. The molecule has 0 amide bonds. The maximum Gasteiger partial charge on any atom is 0.306 e. The Morgan fingerprint density at radius 2 is 1.16 bits per heavy atom. The number of ether oxygens (including phenoxy) is 1. The Balaban J connectivity index is 0.00000380. The fourth-order valence-electron chi connectivity index (χ4n) is 5.84. The van der Waals surface area contributed by atoms with Gasteiger partial charge in [-0.1, -0.05) is 54.6 Å². The average molecular weight is 584 g/mol. The minimum absolute atomic E-state index is 0. The molecule has 1 fully saturated rings. The van der Waals surface area contributed by atoms with Gasteiger partial charge in [-0.25, -0.2) is 0 Å². The summed E-state index contributed by atoms with van der Waals surface area (Å²) in [6.07, 6.45) is 2.87. The quantitative estimate of drug-likeness (QED) is 0.303. The minimum atomic E-state index is -1.96. The standard InChI is InChI=1S/C31H38NO3P.BrH/c1-30(2)23-25(24-31(3,4)32(30)34)35-29(33)21-14-22-36(26-15-8-5-9-16-26,27-17-10-6-11-18-27)28-19-12-7-13-20-28;/h5-13,15-20,25H,14,21-24H2,1-4H3;1H/q+1;/p-1. The number of hydrogen-bond donors (Lipinski definition) is 0. The monoisotopic (exact) mass is 582 g/mol. The van der Waals surface area contributed by atoms with Crippen LogP contribution in [0, 0.1) is 0 Å². The molecule has 0 saturated carbocycles. The van der Waals surface area contributed by atoms with Crippen molar-refractivity contribution >= 4 is 29.1 Å². The molecule has 1 aliphatic heterocycles. The van der Waals surface area contributed by atoms with Crippen molar-refractivity contribution in [2.45, 2.75) is 70.6 Å². The number of rotatable bonds is 8. The highest BCUT2D eigenvalue weighted by atomic mass is 79.9. The molecule has 4 rings (SSSR count). The van der Waals surface area contributed by atoms with Gasteiger partial charge in [0.05, 0.1) is 6.16 Å². The highest BCUT2D eigenvalue weighted by Gasteiger charge is 2.48. The van der Waals surface area contributed by atoms with Crippen molar-refractivity contribution in [1.29, 1.82) is 0 Å². The van der Waals surface area contributed by atoms with Gasteiger partial charge < -0.3 is 21.7 Å². The number of hydrogen-bond acceptors (Lipinski definition) is 3. The second kappa shape index (κ2) is 12.2. The lowest BCUT2D eigenvalue weighted by Gasteiger charge is -2.49. The van der Waals surface area contributed by atoms with E-state index in [0.717, 1.165) is 12.6 Å². The van der Waals surface area contributed by atoms with Crippen molar-refractivity contribution in [1.82, 2.24) is 5.06 Å². The van der Waals surface area contributed by atoms with E-state index in [0.29, 0.717) is 19.3 Å². The Labute approximate surface area is 233 Å². The van der Waals surface area contributed by atoms with E-state index >= 15 is 0 Å². The second-order valence-corrected chi connectivity index (χ2v) is 14.7. The Kier molecular flexibility index (Phi) is 9.74. The van der Waals surface area contributed by atoms with Gasteiger partial charge in [-0.2, -0.15) is 0 Å². The predicted molar refractivity (Wildman–Crippen MR) is 149 cm³/mol. The number of hydroxylamine groups is 2. The molecule has 0 atom stereocenters. The van der Waals surface area contributed by atoms with E-state index in [9.17, 15) is 10.0 Å². The van der Waals surface area contributed by atoms with Gasteiger partial charge in [0, 0.05) is 30.3 Å². The molecule has 1 heterocycles. The SMILES string of the molecule is CC1(C)CC(OC(=O)CCC[P+](c2ccccc2)(c2ccccc2)c2ccccc2)CC(C)(C)N1[O].[Br-]. The second-order valence-electron chi connectivity index (χ2n) is 11.1. The molecule has 197 valence electrons. The zero-order chi connectivity index (χ0) is 25.8. The maximum atomic E-state index is 13.0. The van der Waals surface area contributed by atoms with Gasteiger partial charge in [0.25, 0.3) is 0 Å². The zero-order valence-electron chi connectivity index (χ0n) is 22.3. The van der Waals surface area contributed by atoms with E-state index < -0.39 is 18.3 Å². The molecular weight excluding hydrogens is 545 g/mol. The summed E-state index contributed by atoms with van der Waals surface area (Å²) in [5.74, 6) is -0.168. The summed E-state index contributed by atoms with van der Waals surface area (Å²) in [5, 5.41) is 17.8. The van der Waals surface area contributed by atoms with Crippen LogP contribution in [0.5, 0.6) is 0 Å². The van der Waals surface area contributed by atoms with Crippen molar-refractivity contribution in [3.63, 3.8) is 0 Å². The van der Waals surface area contributed by atoms with Crippen LogP contribution in [0.2, 0.25) is 0 Å². The van der Waals surface area contributed by atoms with Crippen molar-refractivity contribution in [2.24, 2.45) is 0 Å². The normalized spacial score (nSPS) is 17.5. The van der Waals surface area contributed by atoms with Crippen molar-refractivity contribution in [2.75, 3.05) is 6.16 Å². The molecule has 3 aromatic rings. The van der Waals surface area contributed by atoms with Crippen LogP contribution in [0.1, 0.15) is 53.4 Å². The summed E-state index contributed by atoms with van der Waals surface area (Å²) in [6.45, 7) is 7.72. The summed E-state index contributed by atoms with van der Waals surface area (Å²) in [6, 6.07) is 32.2. The van der Waals surface area contributed by atoms with Crippen LogP contribution in [0.4, 0.5) is 0 Å². The molecular formula is C31H38BrNO3P. The van der Waals surface area contributed by atoms with E-state index in [1.807, 2.05) is 27.7 Å². The molecule has 0 N–H and O–H groups in total. The summed E-state index contributed by atoms with van der Waals surface area (Å²) in [5.41, 5.74) is -1.11. The third kappa shape index (κ3) is 6.52. The molecule has 1 radical (unpaired) electrons. The lowest BCUT2D eigenvalue weighted by molar-refractivity contribution is -0.299. The summed E-state index contributed by atoms with van der Waals surface area (Å²) < 4.78 is 5.95. The first-order chi connectivity index (χ1) is 17.1. The molecule has 1 saturated heterocycles. The van der Waals surface area contributed by atoms with Crippen LogP contribution < -0.4 is 32.9 Å². The zero-order valence-corrected chi connectivity index (χ0v) is 24.8. The van der Waals surface area contributed by atoms with Gasteiger partial charge in [0.1, 0.15) is 29.3 Å². The number of carbonyl (C=O) groups is 1. The van der Waals surface area contributed by atoms with Gasteiger partial charge in [-0.15, -0.1) is 10.3 Å². The maximum absolute atomic E-state index is 13.0. The van der Waals surface area contributed by atoms with E-state index in [1.165, 1.54) is 21.0 Å². The molecule has 4 nitrogen and oxygen atoms in total. The van der Waals surface area contributed by atoms with Gasteiger partial charge in [-0.05, 0) is 70.5 Å². The summed E-state index contributed by atoms with van der Waals surface area (Å²) >= 11 is 0. The molecule has 0 bridgehead atoms. The first kappa shape index (κ1) is 29.5. The van der Waals surface area contributed by atoms with Gasteiger partial charge in [-0.3, -0.25) is 4.79 Å². The van der Waals surface area contributed by atoms with Crippen LogP contribution in [0.3, 0.4) is 0 Å². The molecule has 0 unspecified atom stereocenters. The van der Waals surface area contributed by atoms with E-state index in [2.05, 4.69) is 91.0 Å². The molecule has 3 aromatic carbocycles. The largest absolute Gasteiger partial charge is 1.00 e. The fourth-order valence-corrected chi connectivity index (χ4v) is 10.2. The molecule has 0 aliphatic carbocycles. The average Bonchev–Trinajstić information content (AvgIpc) is 2.86. The smallest absolute Gasteiger partial charge is 0.306 e. The number of benzene rings is 3. The molecule has 1 aliphatic rings. The van der Waals surface area contributed by atoms with Crippen molar-refractivity contribution < 1.29 is 31.7 Å². The molecule has 0 aromatic heterocycles. The third-order valence-corrected chi connectivity index (χ3v) is 11.8. The first-order valence-corrected chi connectivity index (χ1v) is 14.8. The predicted octanol–water partition coefficient (Wildman–Crippen LogP) is 2.68. The molecule has 37 heavy (non-hydrogen) atoms. The van der Waals surface area contributed by atoms with Crippen molar-refractivity contribution in [3.8, 4) is 0 Å². The number of esters is 1. The number of carbonyl (C=O) groups excluding carboxylic acids is 1. The van der Waals surface area contributed by atoms with Crippen LogP contribution in [0.25, 0.3) is 0 Å². The lowest BCUT2D eigenvalue weighted by Crippen LogP contribution is -3.00. The minimum Gasteiger partial charge on any atom is -1.00 e. The summed E-state index contributed by atoms with van der Waals surface area (Å²) in [7, 11) is -1.96.